The SMILES string of the molecule is O=C(c1ccccc1)c1ccc(/C=C/c2ccc(-c3ccccc3)cc2)cc1. The second-order valence-corrected chi connectivity index (χ2v) is 6.64. The van der Waals surface area contributed by atoms with E-state index in [4.69, 9.17) is 0 Å². The Morgan fingerprint density at radius 2 is 0.893 bits per heavy atom. The van der Waals surface area contributed by atoms with Crippen LogP contribution in [0.25, 0.3) is 23.3 Å². The van der Waals surface area contributed by atoms with Gasteiger partial charge in [0, 0.05) is 11.1 Å². The van der Waals surface area contributed by atoms with E-state index in [9.17, 15) is 4.79 Å². The first kappa shape index (κ1) is 17.7. The van der Waals surface area contributed by atoms with Crippen LogP contribution in [0.3, 0.4) is 0 Å². The number of rotatable bonds is 5. The first-order chi connectivity index (χ1) is 13.8. The second-order valence-electron chi connectivity index (χ2n) is 6.64. The fraction of sp³-hybridized carbons (Fsp3) is 0. The smallest absolute Gasteiger partial charge is 0.193 e. The van der Waals surface area contributed by atoms with Crippen molar-refractivity contribution >= 4 is 17.9 Å². The summed E-state index contributed by atoms with van der Waals surface area (Å²) in [6, 6.07) is 35.9. The summed E-state index contributed by atoms with van der Waals surface area (Å²) in [7, 11) is 0. The van der Waals surface area contributed by atoms with Gasteiger partial charge in [0.2, 0.25) is 0 Å². The van der Waals surface area contributed by atoms with E-state index in [0.717, 1.165) is 11.1 Å². The number of benzene rings is 4. The van der Waals surface area contributed by atoms with Crippen LogP contribution in [-0.2, 0) is 0 Å². The highest BCUT2D eigenvalue weighted by atomic mass is 16.1. The Hall–Kier alpha value is -3.71. The molecule has 0 aliphatic carbocycles. The molecule has 4 aromatic carbocycles. The first-order valence-electron chi connectivity index (χ1n) is 9.33. The number of hydrogen-bond acceptors (Lipinski definition) is 1. The zero-order valence-electron chi connectivity index (χ0n) is 15.5. The summed E-state index contributed by atoms with van der Waals surface area (Å²) in [5, 5.41) is 0. The van der Waals surface area contributed by atoms with Gasteiger partial charge in [0.1, 0.15) is 0 Å². The molecule has 0 aliphatic heterocycles. The molecular weight excluding hydrogens is 340 g/mol. The van der Waals surface area contributed by atoms with Crippen LogP contribution in [0.5, 0.6) is 0 Å². The Labute approximate surface area is 165 Å². The molecule has 0 radical (unpaired) electrons. The lowest BCUT2D eigenvalue weighted by atomic mass is 10.0. The molecular formula is C27H20O. The van der Waals surface area contributed by atoms with Crippen molar-refractivity contribution in [2.75, 3.05) is 0 Å². The Balaban J connectivity index is 1.45. The predicted molar refractivity (Wildman–Crippen MR) is 117 cm³/mol. The van der Waals surface area contributed by atoms with Crippen LogP contribution in [0.15, 0.2) is 109 Å². The quantitative estimate of drug-likeness (QED) is 0.284. The third-order valence-corrected chi connectivity index (χ3v) is 4.69. The van der Waals surface area contributed by atoms with Crippen LogP contribution in [0, 0.1) is 0 Å². The van der Waals surface area contributed by atoms with Crippen LogP contribution < -0.4 is 0 Å². The van der Waals surface area contributed by atoms with Crippen LogP contribution in [0.1, 0.15) is 27.0 Å². The maximum atomic E-state index is 12.5. The standard InChI is InChI=1S/C27H20O/c28-27(25-9-5-2-6-10-25)26-19-15-22(16-20-26)12-11-21-13-17-24(18-14-21)23-7-3-1-4-8-23/h1-20H/b12-11+. The van der Waals surface area contributed by atoms with Crippen molar-refractivity contribution in [1.82, 2.24) is 0 Å². The summed E-state index contributed by atoms with van der Waals surface area (Å²) in [5.74, 6) is 0.0487. The summed E-state index contributed by atoms with van der Waals surface area (Å²) >= 11 is 0. The molecule has 0 fully saturated rings. The van der Waals surface area contributed by atoms with E-state index in [2.05, 4.69) is 60.7 Å². The monoisotopic (exact) mass is 360 g/mol. The Kier molecular flexibility index (Phi) is 5.26. The van der Waals surface area contributed by atoms with E-state index in [0.29, 0.717) is 11.1 Å². The van der Waals surface area contributed by atoms with Crippen LogP contribution in [0.4, 0.5) is 0 Å². The zero-order chi connectivity index (χ0) is 19.2. The number of carbonyl (C=O) groups is 1. The lowest BCUT2D eigenvalue weighted by molar-refractivity contribution is 0.103. The minimum Gasteiger partial charge on any atom is -0.289 e. The molecule has 0 saturated carbocycles. The molecule has 4 rings (SSSR count). The fourth-order valence-corrected chi connectivity index (χ4v) is 3.11. The maximum Gasteiger partial charge on any atom is 0.193 e. The third kappa shape index (κ3) is 4.16. The van der Waals surface area contributed by atoms with Crippen LogP contribution >= 0.6 is 0 Å². The van der Waals surface area contributed by atoms with Gasteiger partial charge in [-0.25, -0.2) is 0 Å². The van der Waals surface area contributed by atoms with E-state index >= 15 is 0 Å². The highest BCUT2D eigenvalue weighted by Gasteiger charge is 2.07. The molecule has 0 aromatic heterocycles. The third-order valence-electron chi connectivity index (χ3n) is 4.69. The van der Waals surface area contributed by atoms with Crippen molar-refractivity contribution < 1.29 is 4.79 Å². The fourth-order valence-electron chi connectivity index (χ4n) is 3.11. The maximum absolute atomic E-state index is 12.5. The summed E-state index contributed by atoms with van der Waals surface area (Å²) in [4.78, 5) is 12.5. The molecule has 0 bridgehead atoms. The van der Waals surface area contributed by atoms with Gasteiger partial charge in [-0.2, -0.15) is 0 Å². The van der Waals surface area contributed by atoms with Gasteiger partial charge in [0.25, 0.3) is 0 Å². The lowest BCUT2D eigenvalue weighted by Crippen LogP contribution is -2.00. The molecule has 1 nitrogen and oxygen atoms in total. The summed E-state index contributed by atoms with van der Waals surface area (Å²) in [6.07, 6.45) is 4.15. The largest absolute Gasteiger partial charge is 0.289 e. The topological polar surface area (TPSA) is 17.1 Å². The summed E-state index contributed by atoms with van der Waals surface area (Å²) in [6.45, 7) is 0. The predicted octanol–water partition coefficient (Wildman–Crippen LogP) is 6.76. The second kappa shape index (κ2) is 8.32. The van der Waals surface area contributed by atoms with Gasteiger partial charge in [0.15, 0.2) is 5.78 Å². The van der Waals surface area contributed by atoms with Gasteiger partial charge in [-0.1, -0.05) is 121 Å². The molecule has 0 heterocycles. The van der Waals surface area contributed by atoms with E-state index in [-0.39, 0.29) is 5.78 Å². The highest BCUT2D eigenvalue weighted by molar-refractivity contribution is 6.09. The van der Waals surface area contributed by atoms with Crippen molar-refractivity contribution in [2.45, 2.75) is 0 Å². The molecule has 0 N–H and O–H groups in total. The van der Waals surface area contributed by atoms with Crippen molar-refractivity contribution in [3.8, 4) is 11.1 Å². The molecule has 4 aromatic rings. The Morgan fingerprint density at radius 1 is 0.464 bits per heavy atom. The molecule has 0 spiro atoms. The van der Waals surface area contributed by atoms with Crippen LogP contribution in [-0.4, -0.2) is 5.78 Å². The normalized spacial score (nSPS) is 10.9. The first-order valence-corrected chi connectivity index (χ1v) is 9.33. The van der Waals surface area contributed by atoms with E-state index in [1.54, 1.807) is 0 Å². The molecule has 1 heteroatoms. The molecule has 0 atom stereocenters. The van der Waals surface area contributed by atoms with Gasteiger partial charge in [-0.05, 0) is 22.3 Å². The van der Waals surface area contributed by atoms with Gasteiger partial charge in [-0.3, -0.25) is 4.79 Å². The average Bonchev–Trinajstić information content (AvgIpc) is 2.79. The van der Waals surface area contributed by atoms with Crippen molar-refractivity contribution in [2.24, 2.45) is 0 Å². The van der Waals surface area contributed by atoms with Crippen molar-refractivity contribution in [3.05, 3.63) is 131 Å². The van der Waals surface area contributed by atoms with E-state index in [1.807, 2.05) is 60.7 Å². The minimum atomic E-state index is 0.0487. The van der Waals surface area contributed by atoms with Gasteiger partial charge in [0.05, 0.1) is 0 Å². The minimum absolute atomic E-state index is 0.0487. The number of ketones is 1. The molecule has 134 valence electrons. The van der Waals surface area contributed by atoms with Gasteiger partial charge < -0.3 is 0 Å². The van der Waals surface area contributed by atoms with Crippen molar-refractivity contribution in [1.29, 1.82) is 0 Å². The molecule has 28 heavy (non-hydrogen) atoms. The highest BCUT2D eigenvalue weighted by Crippen LogP contribution is 2.20. The van der Waals surface area contributed by atoms with Gasteiger partial charge >= 0.3 is 0 Å². The van der Waals surface area contributed by atoms with E-state index in [1.165, 1.54) is 11.1 Å². The van der Waals surface area contributed by atoms with E-state index < -0.39 is 0 Å². The molecule has 0 saturated heterocycles. The number of carbonyl (C=O) groups excluding carboxylic acids is 1. The zero-order valence-corrected chi connectivity index (χ0v) is 15.5. The molecule has 0 aliphatic rings. The average molecular weight is 360 g/mol. The van der Waals surface area contributed by atoms with Crippen molar-refractivity contribution in [3.63, 3.8) is 0 Å². The van der Waals surface area contributed by atoms with Crippen LogP contribution in [0.2, 0.25) is 0 Å². The molecule has 0 amide bonds. The summed E-state index contributed by atoms with van der Waals surface area (Å²) in [5.41, 5.74) is 6.05. The molecule has 0 unspecified atom stereocenters. The Morgan fingerprint density at radius 3 is 1.46 bits per heavy atom. The lowest BCUT2D eigenvalue weighted by Gasteiger charge is -2.03. The number of hydrogen-bond donors (Lipinski definition) is 0. The Bertz CT molecular complexity index is 1070. The summed E-state index contributed by atoms with van der Waals surface area (Å²) < 4.78 is 0. The van der Waals surface area contributed by atoms with Gasteiger partial charge in [-0.15, -0.1) is 0 Å².